The van der Waals surface area contributed by atoms with Crippen molar-refractivity contribution < 1.29 is 19.9 Å². The zero-order valence-electron chi connectivity index (χ0n) is 7.51. The number of hydrogen-bond acceptors (Lipinski definition) is 6. The Bertz CT molecular complexity index is 429. The summed E-state index contributed by atoms with van der Waals surface area (Å²) in [7, 11) is 0. The van der Waals surface area contributed by atoms with Crippen LogP contribution in [0.4, 0.5) is 11.4 Å². The van der Waals surface area contributed by atoms with Crippen LogP contribution in [0.3, 0.4) is 0 Å². The maximum atomic E-state index is 11.0. The van der Waals surface area contributed by atoms with Gasteiger partial charge in [-0.05, 0) is 12.1 Å². The van der Waals surface area contributed by atoms with E-state index in [0.717, 1.165) is 12.1 Å². The second-order valence-electron chi connectivity index (χ2n) is 2.74. The predicted molar refractivity (Wildman–Crippen MR) is 50.6 cm³/mol. The summed E-state index contributed by atoms with van der Waals surface area (Å²) in [6, 6.07) is 2.25. The van der Waals surface area contributed by atoms with E-state index in [9.17, 15) is 20.0 Å². The highest BCUT2D eigenvalue weighted by Crippen LogP contribution is 2.35. The van der Waals surface area contributed by atoms with Crippen molar-refractivity contribution >= 4 is 17.2 Å². The zero-order chi connectivity index (χ0) is 11.6. The number of aliphatic hydroxyl groups excluding tert-OH is 1. The van der Waals surface area contributed by atoms with Gasteiger partial charge in [-0.25, -0.2) is 0 Å². The molecule has 80 valence electrons. The smallest absolute Gasteiger partial charge is 0.334 e. The summed E-state index contributed by atoms with van der Waals surface area (Å²) >= 11 is 0. The quantitative estimate of drug-likeness (QED) is 0.281. The van der Waals surface area contributed by atoms with E-state index in [1.807, 2.05) is 0 Å². The molecule has 0 unspecified atom stereocenters. The highest BCUT2D eigenvalue weighted by molar-refractivity contribution is 6.01. The maximum Gasteiger partial charge on any atom is 0.334 e. The molecule has 0 heterocycles. The molecule has 0 amide bonds. The molecule has 1 aromatic rings. The van der Waals surface area contributed by atoms with Crippen molar-refractivity contribution in [2.45, 2.75) is 0 Å². The number of nitrogen functional groups attached to an aromatic ring is 1. The number of anilines is 1. The van der Waals surface area contributed by atoms with Gasteiger partial charge in [0.1, 0.15) is 12.3 Å². The van der Waals surface area contributed by atoms with Gasteiger partial charge < -0.3 is 15.9 Å². The first-order valence-electron chi connectivity index (χ1n) is 3.89. The third kappa shape index (κ3) is 1.86. The highest BCUT2D eigenvalue weighted by Gasteiger charge is 2.23. The van der Waals surface area contributed by atoms with Crippen molar-refractivity contribution in [3.63, 3.8) is 0 Å². The molecule has 7 heteroatoms. The molecule has 15 heavy (non-hydrogen) atoms. The van der Waals surface area contributed by atoms with Crippen LogP contribution in [0.15, 0.2) is 12.1 Å². The number of benzene rings is 1. The molecule has 0 aromatic heterocycles. The second kappa shape index (κ2) is 3.93. The van der Waals surface area contributed by atoms with Crippen molar-refractivity contribution in [1.82, 2.24) is 0 Å². The molecule has 0 aliphatic carbocycles. The van der Waals surface area contributed by atoms with Crippen LogP contribution in [0.1, 0.15) is 10.4 Å². The molecule has 0 aliphatic rings. The van der Waals surface area contributed by atoms with Crippen LogP contribution in [0, 0.1) is 10.1 Å². The summed E-state index contributed by atoms with van der Waals surface area (Å²) < 4.78 is 0. The average molecular weight is 212 g/mol. The van der Waals surface area contributed by atoms with E-state index in [1.165, 1.54) is 0 Å². The first-order chi connectivity index (χ1) is 6.99. The summed E-state index contributed by atoms with van der Waals surface area (Å²) in [6.45, 7) is -0.839. The summed E-state index contributed by atoms with van der Waals surface area (Å²) in [6.07, 6.45) is 0. The summed E-state index contributed by atoms with van der Waals surface area (Å²) in [5, 5.41) is 28.4. The Morgan fingerprint density at radius 2 is 2.13 bits per heavy atom. The number of carbonyl (C=O) groups excluding carboxylic acids is 1. The van der Waals surface area contributed by atoms with Crippen LogP contribution in [-0.4, -0.2) is 27.5 Å². The molecule has 0 spiro atoms. The van der Waals surface area contributed by atoms with Crippen LogP contribution >= 0.6 is 0 Å². The van der Waals surface area contributed by atoms with Gasteiger partial charge in [-0.2, -0.15) is 0 Å². The van der Waals surface area contributed by atoms with Crippen LogP contribution in [0.25, 0.3) is 0 Å². The molecule has 0 saturated carbocycles. The molecule has 0 saturated heterocycles. The summed E-state index contributed by atoms with van der Waals surface area (Å²) in [4.78, 5) is 20.7. The van der Waals surface area contributed by atoms with Gasteiger partial charge in [-0.3, -0.25) is 14.9 Å². The Balaban J connectivity index is 3.41. The summed E-state index contributed by atoms with van der Waals surface area (Å²) in [5.41, 5.74) is 3.97. The topological polar surface area (TPSA) is 127 Å². The number of aromatic hydroxyl groups is 1. The number of nitrogens with zero attached hydrogens (tertiary/aromatic N) is 1. The van der Waals surface area contributed by atoms with Crippen molar-refractivity contribution in [3.05, 3.63) is 27.8 Å². The standard InChI is InChI=1S/C8H8N2O5/c9-5-2-1-4(6(12)3-11)8(13)7(5)10(14)15/h1-2,11,13H,3,9H2. The SMILES string of the molecule is Nc1ccc(C(=O)CO)c(O)c1[N+](=O)[O-]. The Morgan fingerprint density at radius 1 is 1.53 bits per heavy atom. The molecular formula is C8H8N2O5. The van der Waals surface area contributed by atoms with Gasteiger partial charge in [-0.1, -0.05) is 0 Å². The fourth-order valence-corrected chi connectivity index (χ4v) is 1.10. The number of nitro groups is 1. The molecular weight excluding hydrogens is 204 g/mol. The van der Waals surface area contributed by atoms with E-state index in [4.69, 9.17) is 10.8 Å². The fourth-order valence-electron chi connectivity index (χ4n) is 1.10. The molecule has 0 radical (unpaired) electrons. The first-order valence-corrected chi connectivity index (χ1v) is 3.89. The van der Waals surface area contributed by atoms with Crippen molar-refractivity contribution in [3.8, 4) is 5.75 Å². The van der Waals surface area contributed by atoms with Crippen molar-refractivity contribution in [2.75, 3.05) is 12.3 Å². The van der Waals surface area contributed by atoms with E-state index < -0.39 is 28.8 Å². The van der Waals surface area contributed by atoms with Crippen molar-refractivity contribution in [1.29, 1.82) is 0 Å². The van der Waals surface area contributed by atoms with Crippen LogP contribution in [0.5, 0.6) is 5.75 Å². The van der Waals surface area contributed by atoms with E-state index in [2.05, 4.69) is 0 Å². The number of nitrogens with two attached hydrogens (primary N) is 1. The number of aliphatic hydroxyl groups is 1. The lowest BCUT2D eigenvalue weighted by Gasteiger charge is -2.04. The minimum Gasteiger partial charge on any atom is -0.502 e. The molecule has 1 aromatic carbocycles. The Labute approximate surface area is 83.9 Å². The zero-order valence-corrected chi connectivity index (χ0v) is 7.51. The fraction of sp³-hybridized carbons (Fsp3) is 0.125. The van der Waals surface area contributed by atoms with Crippen LogP contribution in [0.2, 0.25) is 0 Å². The normalized spacial score (nSPS) is 9.93. The molecule has 4 N–H and O–H groups in total. The first kappa shape index (κ1) is 10.9. The van der Waals surface area contributed by atoms with Crippen molar-refractivity contribution in [2.24, 2.45) is 0 Å². The minimum absolute atomic E-state index is 0.244. The number of rotatable bonds is 3. The van der Waals surface area contributed by atoms with Gasteiger partial charge in [0.05, 0.1) is 10.5 Å². The van der Waals surface area contributed by atoms with Crippen LogP contribution in [-0.2, 0) is 0 Å². The average Bonchev–Trinajstić information content (AvgIpc) is 2.16. The van der Waals surface area contributed by atoms with Gasteiger partial charge in [-0.15, -0.1) is 0 Å². The molecule has 0 fully saturated rings. The lowest BCUT2D eigenvalue weighted by molar-refractivity contribution is -0.384. The Kier molecular flexibility index (Phi) is 2.86. The van der Waals surface area contributed by atoms with E-state index in [1.54, 1.807) is 0 Å². The van der Waals surface area contributed by atoms with E-state index >= 15 is 0 Å². The highest BCUT2D eigenvalue weighted by atomic mass is 16.6. The van der Waals surface area contributed by atoms with Gasteiger partial charge in [0.15, 0.2) is 5.78 Å². The number of phenols is 1. The Hall–Kier alpha value is -2.15. The number of nitro benzene ring substituents is 1. The molecule has 0 aliphatic heterocycles. The molecule has 0 atom stereocenters. The number of hydrogen-bond donors (Lipinski definition) is 3. The number of ketones is 1. The Morgan fingerprint density at radius 3 is 2.60 bits per heavy atom. The van der Waals surface area contributed by atoms with Gasteiger partial charge in [0.25, 0.3) is 0 Å². The molecule has 1 rings (SSSR count). The predicted octanol–water partition coefficient (Wildman–Crippen LogP) is 0.0576. The van der Waals surface area contributed by atoms with E-state index in [-0.39, 0.29) is 11.3 Å². The maximum absolute atomic E-state index is 11.0. The van der Waals surface area contributed by atoms with Gasteiger partial charge >= 0.3 is 5.69 Å². The third-order valence-corrected chi connectivity index (χ3v) is 1.81. The number of Topliss-reactive ketones (excluding diaryl/α,β-unsaturated/α-hetero) is 1. The largest absolute Gasteiger partial charge is 0.502 e. The lowest BCUT2D eigenvalue weighted by atomic mass is 10.1. The monoisotopic (exact) mass is 212 g/mol. The van der Waals surface area contributed by atoms with Gasteiger partial charge in [0.2, 0.25) is 5.75 Å². The second-order valence-corrected chi connectivity index (χ2v) is 2.74. The summed E-state index contributed by atoms with van der Waals surface area (Å²) in [5.74, 6) is -1.63. The minimum atomic E-state index is -0.890. The number of phenolic OH excluding ortho intramolecular Hbond substituents is 1. The van der Waals surface area contributed by atoms with Crippen LogP contribution < -0.4 is 5.73 Å². The number of carbonyl (C=O) groups is 1. The lowest BCUT2D eigenvalue weighted by Crippen LogP contribution is -2.07. The molecule has 7 nitrogen and oxygen atoms in total. The molecule has 0 bridgehead atoms. The van der Waals surface area contributed by atoms with E-state index in [0.29, 0.717) is 0 Å². The van der Waals surface area contributed by atoms with Gasteiger partial charge in [0, 0.05) is 0 Å². The third-order valence-electron chi connectivity index (χ3n) is 1.81.